The van der Waals surface area contributed by atoms with Gasteiger partial charge < -0.3 is 10.1 Å². The Hall–Kier alpha value is -1.18. The fraction of sp³-hybridized carbons (Fsp3) is 0.625. The Morgan fingerprint density at radius 3 is 2.78 bits per heavy atom. The molecule has 2 unspecified atom stereocenters. The highest BCUT2D eigenvalue weighted by Crippen LogP contribution is 2.30. The van der Waals surface area contributed by atoms with Crippen molar-refractivity contribution in [2.24, 2.45) is 5.92 Å². The van der Waals surface area contributed by atoms with Gasteiger partial charge in [0.15, 0.2) is 0 Å². The molecular weight excluding hydrogens is 222 g/mol. The van der Waals surface area contributed by atoms with Gasteiger partial charge in [-0.15, -0.1) is 0 Å². The molecule has 1 aromatic rings. The Labute approximate surface area is 111 Å². The topological polar surface area (TPSA) is 21.3 Å². The highest BCUT2D eigenvalue weighted by Gasteiger charge is 2.17. The van der Waals surface area contributed by atoms with Crippen LogP contribution in [0.3, 0.4) is 0 Å². The molecule has 2 nitrogen and oxygen atoms in total. The van der Waals surface area contributed by atoms with Gasteiger partial charge >= 0.3 is 0 Å². The van der Waals surface area contributed by atoms with Crippen LogP contribution in [0.25, 0.3) is 0 Å². The Bertz CT molecular complexity index is 389. The molecule has 2 atom stereocenters. The number of ether oxygens (including phenoxy) is 1. The summed E-state index contributed by atoms with van der Waals surface area (Å²) in [5, 5.41) is 3.68. The third kappa shape index (κ3) is 3.41. The van der Waals surface area contributed by atoms with E-state index in [4.69, 9.17) is 4.74 Å². The first-order chi connectivity index (χ1) is 8.69. The highest BCUT2D eigenvalue weighted by atomic mass is 16.5. The molecule has 1 saturated carbocycles. The third-order valence-corrected chi connectivity index (χ3v) is 3.97. The lowest BCUT2D eigenvalue weighted by molar-refractivity contribution is 0.415. The zero-order valence-corrected chi connectivity index (χ0v) is 11.8. The van der Waals surface area contributed by atoms with Crippen LogP contribution in [0, 0.1) is 12.8 Å². The fourth-order valence-corrected chi connectivity index (χ4v) is 2.79. The molecule has 2 heteroatoms. The SMILES string of the molecule is COc1ccc(C)cc1NC1CCCC(C)CC1. The molecule has 0 saturated heterocycles. The Morgan fingerprint density at radius 1 is 1.17 bits per heavy atom. The zero-order chi connectivity index (χ0) is 13.0. The summed E-state index contributed by atoms with van der Waals surface area (Å²) >= 11 is 0. The van der Waals surface area contributed by atoms with E-state index in [-0.39, 0.29) is 0 Å². The second-order valence-corrected chi connectivity index (χ2v) is 5.66. The second-order valence-electron chi connectivity index (χ2n) is 5.66. The molecule has 1 N–H and O–H groups in total. The minimum atomic E-state index is 0.602. The van der Waals surface area contributed by atoms with E-state index >= 15 is 0 Å². The van der Waals surface area contributed by atoms with E-state index in [0.717, 1.165) is 17.4 Å². The van der Waals surface area contributed by atoms with E-state index in [0.29, 0.717) is 6.04 Å². The van der Waals surface area contributed by atoms with Crippen molar-refractivity contribution in [2.45, 2.75) is 52.0 Å². The van der Waals surface area contributed by atoms with Crippen molar-refractivity contribution < 1.29 is 4.74 Å². The summed E-state index contributed by atoms with van der Waals surface area (Å²) in [5.41, 5.74) is 2.43. The zero-order valence-electron chi connectivity index (χ0n) is 11.8. The lowest BCUT2D eigenvalue weighted by Gasteiger charge is -2.20. The Morgan fingerprint density at radius 2 is 2.00 bits per heavy atom. The average molecular weight is 247 g/mol. The van der Waals surface area contributed by atoms with Crippen LogP contribution in [-0.4, -0.2) is 13.2 Å². The number of rotatable bonds is 3. The quantitative estimate of drug-likeness (QED) is 0.800. The summed E-state index contributed by atoms with van der Waals surface area (Å²) in [6, 6.07) is 6.94. The minimum Gasteiger partial charge on any atom is -0.495 e. The lowest BCUT2D eigenvalue weighted by Crippen LogP contribution is -2.18. The van der Waals surface area contributed by atoms with E-state index in [1.807, 2.05) is 0 Å². The molecule has 1 aliphatic carbocycles. The van der Waals surface area contributed by atoms with Gasteiger partial charge in [-0.25, -0.2) is 0 Å². The van der Waals surface area contributed by atoms with Gasteiger partial charge in [-0.05, 0) is 49.8 Å². The van der Waals surface area contributed by atoms with E-state index < -0.39 is 0 Å². The summed E-state index contributed by atoms with van der Waals surface area (Å²) in [5.74, 6) is 1.84. The van der Waals surface area contributed by atoms with Gasteiger partial charge in [0.1, 0.15) is 5.75 Å². The number of hydrogen-bond acceptors (Lipinski definition) is 2. The maximum absolute atomic E-state index is 5.43. The standard InChI is InChI=1S/C16H25NO/c1-12-5-4-6-14(9-7-12)17-15-11-13(2)8-10-16(15)18-3/h8,10-12,14,17H,4-7,9H2,1-3H3. The molecule has 18 heavy (non-hydrogen) atoms. The van der Waals surface area contributed by atoms with Crippen LogP contribution >= 0.6 is 0 Å². The number of methoxy groups -OCH3 is 1. The molecule has 2 rings (SSSR count). The summed E-state index contributed by atoms with van der Waals surface area (Å²) in [4.78, 5) is 0. The first-order valence-electron chi connectivity index (χ1n) is 7.10. The molecular formula is C16H25NO. The molecule has 100 valence electrons. The van der Waals surface area contributed by atoms with Crippen LogP contribution < -0.4 is 10.1 Å². The molecule has 0 spiro atoms. The molecule has 0 bridgehead atoms. The van der Waals surface area contributed by atoms with Crippen molar-refractivity contribution >= 4 is 5.69 Å². The Balaban J connectivity index is 2.05. The summed E-state index contributed by atoms with van der Waals surface area (Å²) in [6.07, 6.45) is 6.61. The van der Waals surface area contributed by atoms with Gasteiger partial charge in [0.25, 0.3) is 0 Å². The van der Waals surface area contributed by atoms with Crippen molar-refractivity contribution in [2.75, 3.05) is 12.4 Å². The molecule has 1 aromatic carbocycles. The smallest absolute Gasteiger partial charge is 0.141 e. The maximum Gasteiger partial charge on any atom is 0.141 e. The van der Waals surface area contributed by atoms with Crippen molar-refractivity contribution in [1.29, 1.82) is 0 Å². The fourth-order valence-electron chi connectivity index (χ4n) is 2.79. The lowest BCUT2D eigenvalue weighted by atomic mass is 10.0. The van der Waals surface area contributed by atoms with Gasteiger partial charge in [-0.2, -0.15) is 0 Å². The molecule has 0 aliphatic heterocycles. The van der Waals surface area contributed by atoms with E-state index in [2.05, 4.69) is 37.4 Å². The van der Waals surface area contributed by atoms with Crippen LogP contribution in [0.5, 0.6) is 5.75 Å². The van der Waals surface area contributed by atoms with E-state index in [9.17, 15) is 0 Å². The molecule has 0 radical (unpaired) electrons. The van der Waals surface area contributed by atoms with E-state index in [1.54, 1.807) is 7.11 Å². The van der Waals surface area contributed by atoms with Crippen molar-refractivity contribution in [1.82, 2.24) is 0 Å². The Kier molecular flexibility index (Phi) is 4.51. The number of nitrogens with one attached hydrogen (secondary N) is 1. The van der Waals surface area contributed by atoms with E-state index in [1.165, 1.54) is 37.7 Å². The molecule has 0 aromatic heterocycles. The van der Waals surface area contributed by atoms with Gasteiger partial charge in [0, 0.05) is 6.04 Å². The van der Waals surface area contributed by atoms with Gasteiger partial charge in [-0.1, -0.05) is 25.8 Å². The van der Waals surface area contributed by atoms with Gasteiger partial charge in [0.2, 0.25) is 0 Å². The highest BCUT2D eigenvalue weighted by molar-refractivity contribution is 5.58. The monoisotopic (exact) mass is 247 g/mol. The maximum atomic E-state index is 5.43. The molecule has 0 heterocycles. The number of aryl methyl sites for hydroxylation is 1. The van der Waals surface area contributed by atoms with Crippen LogP contribution in [-0.2, 0) is 0 Å². The van der Waals surface area contributed by atoms with Gasteiger partial charge in [-0.3, -0.25) is 0 Å². The predicted molar refractivity (Wildman–Crippen MR) is 77.4 cm³/mol. The summed E-state index contributed by atoms with van der Waals surface area (Å²) in [7, 11) is 1.74. The summed E-state index contributed by atoms with van der Waals surface area (Å²) < 4.78 is 5.43. The van der Waals surface area contributed by atoms with Gasteiger partial charge in [0.05, 0.1) is 12.8 Å². The molecule has 0 amide bonds. The van der Waals surface area contributed by atoms with Crippen molar-refractivity contribution in [3.8, 4) is 5.75 Å². The largest absolute Gasteiger partial charge is 0.495 e. The van der Waals surface area contributed by atoms with Crippen LogP contribution in [0.4, 0.5) is 5.69 Å². The van der Waals surface area contributed by atoms with Crippen LogP contribution in [0.2, 0.25) is 0 Å². The normalized spacial score (nSPS) is 24.4. The minimum absolute atomic E-state index is 0.602. The first-order valence-corrected chi connectivity index (χ1v) is 7.10. The second kappa shape index (κ2) is 6.12. The van der Waals surface area contributed by atoms with Crippen LogP contribution in [0.1, 0.15) is 44.6 Å². The third-order valence-electron chi connectivity index (χ3n) is 3.97. The first kappa shape index (κ1) is 13.3. The number of benzene rings is 1. The molecule has 1 aliphatic rings. The average Bonchev–Trinajstić information content (AvgIpc) is 2.55. The number of hydrogen-bond donors (Lipinski definition) is 1. The van der Waals surface area contributed by atoms with Crippen LogP contribution in [0.15, 0.2) is 18.2 Å². The molecule has 1 fully saturated rings. The van der Waals surface area contributed by atoms with Crippen molar-refractivity contribution in [3.63, 3.8) is 0 Å². The summed E-state index contributed by atoms with van der Waals surface area (Å²) in [6.45, 7) is 4.50. The predicted octanol–water partition coefficient (Wildman–Crippen LogP) is 4.38. The van der Waals surface area contributed by atoms with Crippen molar-refractivity contribution in [3.05, 3.63) is 23.8 Å². The number of anilines is 1.